The molecule has 0 aliphatic rings. The van der Waals surface area contributed by atoms with E-state index < -0.39 is 29.6 Å². The number of nitrogens with one attached hydrogen (secondary N) is 1. The van der Waals surface area contributed by atoms with Crippen molar-refractivity contribution in [2.45, 2.75) is 18.9 Å². The van der Waals surface area contributed by atoms with E-state index in [9.17, 15) is 21.9 Å². The Balaban J connectivity index is 2.95. The van der Waals surface area contributed by atoms with Crippen LogP contribution in [0.3, 0.4) is 0 Å². The smallest absolute Gasteiger partial charge is 0.405 e. The second kappa shape index (κ2) is 6.10. The third-order valence-electron chi connectivity index (χ3n) is 1.77. The number of aromatic nitrogens is 2. The van der Waals surface area contributed by atoms with Crippen LogP contribution < -0.4 is 5.32 Å². The summed E-state index contributed by atoms with van der Waals surface area (Å²) >= 11 is -0.590. The lowest BCUT2D eigenvalue weighted by molar-refractivity contribution is -0.115. The zero-order valence-electron chi connectivity index (χ0n) is 9.05. The first-order chi connectivity index (χ1) is 8.19. The zero-order chi connectivity index (χ0) is 13.9. The minimum Gasteiger partial charge on any atom is -0.772 e. The Labute approximate surface area is 117 Å². The number of hydrogen-bond donors (Lipinski definition) is 1. The maximum atomic E-state index is 12.1. The van der Waals surface area contributed by atoms with Crippen LogP contribution in [0.4, 0.5) is 19.0 Å². The van der Waals surface area contributed by atoms with E-state index in [0.29, 0.717) is 9.26 Å². The van der Waals surface area contributed by atoms with Crippen LogP contribution in [0, 0.1) is 10.5 Å². The van der Waals surface area contributed by atoms with E-state index >= 15 is 0 Å². The van der Waals surface area contributed by atoms with Crippen molar-refractivity contribution in [1.82, 2.24) is 9.97 Å². The topological polar surface area (TPSA) is 77.9 Å². The highest BCUT2D eigenvalue weighted by Gasteiger charge is 2.27. The number of alkyl halides is 3. The molecule has 1 aromatic rings. The zero-order valence-corrected chi connectivity index (χ0v) is 12.0. The van der Waals surface area contributed by atoms with E-state index in [4.69, 9.17) is 0 Å². The van der Waals surface area contributed by atoms with E-state index in [1.54, 1.807) is 29.5 Å². The summed E-state index contributed by atoms with van der Waals surface area (Å²) in [6.07, 6.45) is -4.37. The van der Waals surface area contributed by atoms with Gasteiger partial charge in [-0.25, -0.2) is 9.97 Å². The van der Waals surface area contributed by atoms with Gasteiger partial charge < -0.3 is 9.87 Å². The Kier molecular flexibility index (Phi) is 5.28. The molecule has 0 saturated carbocycles. The molecule has 1 atom stereocenters. The minimum absolute atomic E-state index is 0.0131. The van der Waals surface area contributed by atoms with Gasteiger partial charge >= 0.3 is 6.18 Å². The summed E-state index contributed by atoms with van der Waals surface area (Å²) in [6, 6.07) is 0. The third-order valence-corrected chi connectivity index (χ3v) is 3.55. The lowest BCUT2D eigenvalue weighted by Gasteiger charge is -2.13. The van der Waals surface area contributed by atoms with Gasteiger partial charge in [0.25, 0.3) is 0 Å². The molecule has 0 spiro atoms. The normalized spacial score (nSPS) is 13.4. The highest BCUT2D eigenvalue weighted by Crippen LogP contribution is 2.21. The van der Waals surface area contributed by atoms with Gasteiger partial charge in [-0.05, 0) is 40.6 Å². The van der Waals surface area contributed by atoms with Gasteiger partial charge in [0.2, 0.25) is 0 Å². The van der Waals surface area contributed by atoms with E-state index in [2.05, 4.69) is 15.3 Å². The van der Waals surface area contributed by atoms with Gasteiger partial charge in [0.15, 0.2) is 0 Å². The second-order valence-corrected chi connectivity index (χ2v) is 5.28. The first-order valence-corrected chi connectivity index (χ1v) is 6.91. The SMILES string of the molecule is Cc1nc(CS(=O)[O-])nc(NCC(F)(F)F)c1I. The molecule has 102 valence electrons. The molecule has 1 rings (SSSR count). The number of halogens is 4. The predicted molar refractivity (Wildman–Crippen MR) is 66.7 cm³/mol. The van der Waals surface area contributed by atoms with Crippen molar-refractivity contribution in [3.8, 4) is 0 Å². The maximum absolute atomic E-state index is 12.1. The molecule has 0 saturated heterocycles. The Morgan fingerprint density at radius 1 is 1.44 bits per heavy atom. The molecule has 18 heavy (non-hydrogen) atoms. The molecule has 1 heterocycles. The molecular weight excluding hydrogens is 386 g/mol. The maximum Gasteiger partial charge on any atom is 0.405 e. The fourth-order valence-corrected chi connectivity index (χ4v) is 1.86. The van der Waals surface area contributed by atoms with Crippen molar-refractivity contribution in [3.05, 3.63) is 15.1 Å². The van der Waals surface area contributed by atoms with Crippen molar-refractivity contribution >= 4 is 39.5 Å². The molecule has 0 aliphatic carbocycles. The molecule has 0 amide bonds. The molecular formula is C8H8F3IN3O2S-. The van der Waals surface area contributed by atoms with Gasteiger partial charge in [-0.3, -0.25) is 4.21 Å². The van der Waals surface area contributed by atoms with Crippen molar-refractivity contribution in [2.24, 2.45) is 0 Å². The van der Waals surface area contributed by atoms with Gasteiger partial charge in [-0.2, -0.15) is 13.2 Å². The number of rotatable bonds is 4. The van der Waals surface area contributed by atoms with Crippen LogP contribution in [0.1, 0.15) is 11.5 Å². The monoisotopic (exact) mass is 394 g/mol. The van der Waals surface area contributed by atoms with Gasteiger partial charge in [-0.1, -0.05) is 0 Å². The van der Waals surface area contributed by atoms with E-state index in [0.717, 1.165) is 0 Å². The molecule has 1 aromatic heterocycles. The first-order valence-electron chi connectivity index (χ1n) is 4.58. The van der Waals surface area contributed by atoms with Gasteiger partial charge in [0.1, 0.15) is 18.2 Å². The summed E-state index contributed by atoms with van der Waals surface area (Å²) in [7, 11) is 0. The standard InChI is InChI=1S/C8H9F3IN3O2S/c1-4-6(12)7(13-3-8(9,10)11)15-5(14-4)2-18(16)17/h2-3H2,1H3,(H,16,17)(H,13,14,15)/p-1. The average Bonchev–Trinajstić information content (AvgIpc) is 2.19. The van der Waals surface area contributed by atoms with Crippen LogP contribution in [0.2, 0.25) is 0 Å². The molecule has 0 aromatic carbocycles. The largest absolute Gasteiger partial charge is 0.772 e. The van der Waals surface area contributed by atoms with Gasteiger partial charge in [-0.15, -0.1) is 0 Å². The van der Waals surface area contributed by atoms with Crippen molar-refractivity contribution in [2.75, 3.05) is 11.9 Å². The molecule has 10 heteroatoms. The van der Waals surface area contributed by atoms with E-state index in [1.165, 1.54) is 0 Å². The Bertz CT molecular complexity index is 470. The Morgan fingerprint density at radius 2 is 2.06 bits per heavy atom. The lowest BCUT2D eigenvalue weighted by Crippen LogP contribution is -2.23. The average molecular weight is 394 g/mol. The minimum atomic E-state index is -4.37. The number of hydrogen-bond acceptors (Lipinski definition) is 5. The van der Waals surface area contributed by atoms with Crippen molar-refractivity contribution in [1.29, 1.82) is 0 Å². The molecule has 5 nitrogen and oxygen atoms in total. The van der Waals surface area contributed by atoms with Crippen LogP contribution in [-0.4, -0.2) is 31.5 Å². The van der Waals surface area contributed by atoms with Crippen LogP contribution in [0.15, 0.2) is 0 Å². The predicted octanol–water partition coefficient (Wildman–Crippen LogP) is 1.74. The van der Waals surface area contributed by atoms with E-state index in [1.807, 2.05) is 0 Å². The lowest BCUT2D eigenvalue weighted by atomic mass is 10.4. The molecule has 1 unspecified atom stereocenters. The molecule has 0 radical (unpaired) electrons. The quantitative estimate of drug-likeness (QED) is 0.622. The fraction of sp³-hybridized carbons (Fsp3) is 0.500. The fourth-order valence-electron chi connectivity index (χ4n) is 1.09. The van der Waals surface area contributed by atoms with E-state index in [-0.39, 0.29) is 11.6 Å². The highest BCUT2D eigenvalue weighted by atomic mass is 127. The summed E-state index contributed by atoms with van der Waals surface area (Å²) < 4.78 is 57.7. The summed E-state index contributed by atoms with van der Waals surface area (Å²) in [5.41, 5.74) is 0.427. The molecule has 0 fully saturated rings. The second-order valence-electron chi connectivity index (χ2n) is 3.30. The Morgan fingerprint density at radius 3 is 2.56 bits per heavy atom. The summed E-state index contributed by atoms with van der Waals surface area (Å²) in [6.45, 7) is 0.332. The van der Waals surface area contributed by atoms with Gasteiger partial charge in [0, 0.05) is 0 Å². The summed E-state index contributed by atoms with van der Waals surface area (Å²) in [5.74, 6) is -0.481. The van der Waals surface area contributed by atoms with Crippen LogP contribution >= 0.6 is 22.6 Å². The first kappa shape index (κ1) is 15.6. The number of nitrogens with zero attached hydrogens (tertiary/aromatic N) is 2. The molecule has 0 bridgehead atoms. The summed E-state index contributed by atoms with van der Waals surface area (Å²) in [5, 5.41) is 2.12. The van der Waals surface area contributed by atoms with Gasteiger partial charge in [0.05, 0.1) is 15.0 Å². The molecule has 0 aliphatic heterocycles. The van der Waals surface area contributed by atoms with Crippen LogP contribution in [0.25, 0.3) is 0 Å². The third kappa shape index (κ3) is 5.02. The Hall–Kier alpha value is -0.490. The molecule has 1 N–H and O–H groups in total. The summed E-state index contributed by atoms with van der Waals surface area (Å²) in [4.78, 5) is 7.64. The van der Waals surface area contributed by atoms with Crippen LogP contribution in [0.5, 0.6) is 0 Å². The number of aryl methyl sites for hydroxylation is 1. The van der Waals surface area contributed by atoms with Crippen LogP contribution in [-0.2, 0) is 16.8 Å². The number of anilines is 1. The van der Waals surface area contributed by atoms with Crippen molar-refractivity contribution < 1.29 is 21.9 Å². The van der Waals surface area contributed by atoms with Crippen molar-refractivity contribution in [3.63, 3.8) is 0 Å². The highest BCUT2D eigenvalue weighted by molar-refractivity contribution is 14.1.